The lowest BCUT2D eigenvalue weighted by Crippen LogP contribution is -2.19. The van der Waals surface area contributed by atoms with Crippen LogP contribution < -0.4 is 5.32 Å². The number of aromatic nitrogens is 2. The first kappa shape index (κ1) is 23.7. The van der Waals surface area contributed by atoms with Crippen molar-refractivity contribution in [1.82, 2.24) is 9.97 Å². The third-order valence-corrected chi connectivity index (χ3v) is 5.86. The van der Waals surface area contributed by atoms with Gasteiger partial charge in [0.15, 0.2) is 11.6 Å². The Hall–Kier alpha value is -2.97. The van der Waals surface area contributed by atoms with Crippen LogP contribution in [-0.2, 0) is 17.6 Å². The van der Waals surface area contributed by atoms with Crippen LogP contribution in [0, 0.1) is 18.3 Å². The molecule has 2 aromatic rings. The number of hydrogen-bond donors (Lipinski definition) is 1. The molecule has 1 N–H and O–H groups in total. The Morgan fingerprint density at radius 1 is 1.25 bits per heavy atom. The number of nitrogens with zero attached hydrogens (tertiary/aromatic N) is 2. The molecule has 0 saturated heterocycles. The molecule has 0 bridgehead atoms. The van der Waals surface area contributed by atoms with Crippen molar-refractivity contribution >= 4 is 28.9 Å². The van der Waals surface area contributed by atoms with Crippen molar-refractivity contribution in [2.75, 3.05) is 5.32 Å². The molecule has 1 amide bonds. The molecule has 1 aromatic carbocycles. The summed E-state index contributed by atoms with van der Waals surface area (Å²) in [5.74, 6) is 2.14. The lowest BCUT2D eigenvalue weighted by Gasteiger charge is -2.22. The van der Waals surface area contributed by atoms with Crippen LogP contribution in [0.3, 0.4) is 0 Å². The van der Waals surface area contributed by atoms with E-state index in [9.17, 15) is 9.18 Å². The number of anilines is 1. The Bertz CT molecular complexity index is 1050. The third kappa shape index (κ3) is 7.03. The van der Waals surface area contributed by atoms with E-state index in [1.807, 2.05) is 25.0 Å². The van der Waals surface area contributed by atoms with Gasteiger partial charge < -0.3 is 5.32 Å². The van der Waals surface area contributed by atoms with Crippen molar-refractivity contribution in [3.8, 4) is 12.3 Å². The quantitative estimate of drug-likeness (QED) is 0.395. The van der Waals surface area contributed by atoms with Crippen LogP contribution in [0.4, 0.5) is 10.2 Å². The van der Waals surface area contributed by atoms with E-state index in [0.29, 0.717) is 22.5 Å². The summed E-state index contributed by atoms with van der Waals surface area (Å²) in [4.78, 5) is 21.9. The Balaban J connectivity index is 1.82. The highest BCUT2D eigenvalue weighted by Crippen LogP contribution is 2.29. The monoisotopic (exact) mass is 451 g/mol. The summed E-state index contributed by atoms with van der Waals surface area (Å²) in [5.41, 5.74) is 3.00. The number of rotatable bonds is 7. The number of benzene rings is 1. The van der Waals surface area contributed by atoms with Gasteiger partial charge in [0.05, 0.1) is 24.0 Å². The second-order valence-corrected chi connectivity index (χ2v) is 8.56. The van der Waals surface area contributed by atoms with E-state index in [4.69, 9.17) is 23.0 Å². The van der Waals surface area contributed by atoms with E-state index in [2.05, 4.69) is 10.3 Å². The fourth-order valence-corrected chi connectivity index (χ4v) is 3.95. The molecule has 6 heteroatoms. The van der Waals surface area contributed by atoms with Gasteiger partial charge in [0, 0.05) is 5.02 Å². The molecular weight excluding hydrogens is 425 g/mol. The van der Waals surface area contributed by atoms with Crippen LogP contribution in [0.2, 0.25) is 5.02 Å². The zero-order valence-electron chi connectivity index (χ0n) is 18.2. The average Bonchev–Trinajstić information content (AvgIpc) is 2.80. The molecule has 0 aliphatic heterocycles. The number of carbonyl (C=O) groups is 1. The van der Waals surface area contributed by atoms with Gasteiger partial charge in [-0.15, -0.1) is 6.42 Å². The number of nitrogens with one attached hydrogen (secondary N) is 1. The number of terminal acetylenes is 1. The topological polar surface area (TPSA) is 54.9 Å². The van der Waals surface area contributed by atoms with E-state index in [-0.39, 0.29) is 12.3 Å². The molecule has 1 aliphatic carbocycles. The second-order valence-electron chi connectivity index (χ2n) is 8.12. The van der Waals surface area contributed by atoms with Crippen molar-refractivity contribution in [2.45, 2.75) is 51.9 Å². The minimum atomic E-state index is -0.647. The molecule has 0 unspecified atom stereocenters. The lowest BCUT2D eigenvalue weighted by molar-refractivity contribution is -0.115. The van der Waals surface area contributed by atoms with Gasteiger partial charge >= 0.3 is 0 Å². The molecule has 4 nitrogen and oxygen atoms in total. The molecule has 1 saturated carbocycles. The van der Waals surface area contributed by atoms with Crippen LogP contribution in [0.15, 0.2) is 48.4 Å². The normalized spacial score (nSPS) is 15.3. The predicted molar refractivity (Wildman–Crippen MR) is 128 cm³/mol. The zero-order chi connectivity index (χ0) is 22.9. The minimum absolute atomic E-state index is 0.162. The third-order valence-electron chi connectivity index (χ3n) is 5.61. The molecule has 3 rings (SSSR count). The van der Waals surface area contributed by atoms with Gasteiger partial charge in [-0.2, -0.15) is 4.39 Å². The molecule has 1 aromatic heterocycles. The van der Waals surface area contributed by atoms with E-state index >= 15 is 0 Å². The van der Waals surface area contributed by atoms with Crippen molar-refractivity contribution in [3.63, 3.8) is 0 Å². The largest absolute Gasteiger partial charge is 0.309 e. The van der Waals surface area contributed by atoms with E-state index in [0.717, 1.165) is 36.1 Å². The summed E-state index contributed by atoms with van der Waals surface area (Å²) >= 11 is 5.92. The SMILES string of the molecule is C#C/C(F)=C\C=C(/C)c1cnc(NC(=O)Cc2ccc(Cl)cc2)c(CC2CCCCC2)n1. The number of amides is 1. The summed E-state index contributed by atoms with van der Waals surface area (Å²) in [6.45, 7) is 1.83. The first-order valence-corrected chi connectivity index (χ1v) is 11.2. The second kappa shape index (κ2) is 11.6. The molecule has 1 fully saturated rings. The molecule has 0 radical (unpaired) electrons. The fourth-order valence-electron chi connectivity index (χ4n) is 3.82. The van der Waals surface area contributed by atoms with Gasteiger partial charge in [-0.3, -0.25) is 4.79 Å². The first-order valence-electron chi connectivity index (χ1n) is 10.9. The maximum atomic E-state index is 13.3. The standard InChI is InChI=1S/C26H27ClFN3O/c1-3-22(28)14-9-18(2)24-17-29-26(23(30-24)15-19-7-5-4-6-8-19)31-25(32)16-20-10-12-21(27)13-11-20/h1,9-14,17,19H,4-8,15-16H2,2H3,(H,29,31,32)/b18-9+,22-14+. The molecule has 32 heavy (non-hydrogen) atoms. The fraction of sp³-hybridized carbons (Fsp3) is 0.346. The number of halogens is 2. The van der Waals surface area contributed by atoms with Gasteiger partial charge in [-0.1, -0.05) is 61.9 Å². The maximum Gasteiger partial charge on any atom is 0.229 e. The summed E-state index contributed by atoms with van der Waals surface area (Å²) < 4.78 is 13.3. The van der Waals surface area contributed by atoms with Crippen LogP contribution >= 0.6 is 11.6 Å². The smallest absolute Gasteiger partial charge is 0.229 e. The van der Waals surface area contributed by atoms with E-state index < -0.39 is 5.83 Å². The van der Waals surface area contributed by atoms with E-state index in [1.165, 1.54) is 25.3 Å². The van der Waals surface area contributed by atoms with Crippen molar-refractivity contribution in [2.24, 2.45) is 5.92 Å². The lowest BCUT2D eigenvalue weighted by atomic mass is 9.86. The van der Waals surface area contributed by atoms with Crippen molar-refractivity contribution < 1.29 is 9.18 Å². The highest BCUT2D eigenvalue weighted by molar-refractivity contribution is 6.30. The number of allylic oxidation sites excluding steroid dienone is 4. The maximum absolute atomic E-state index is 13.3. The molecule has 1 heterocycles. The highest BCUT2D eigenvalue weighted by atomic mass is 35.5. The van der Waals surface area contributed by atoms with Crippen LogP contribution in [-0.4, -0.2) is 15.9 Å². The van der Waals surface area contributed by atoms with Crippen LogP contribution in [0.1, 0.15) is 56.0 Å². The van der Waals surface area contributed by atoms with Gasteiger partial charge in [0.1, 0.15) is 0 Å². The Morgan fingerprint density at radius 2 is 1.97 bits per heavy atom. The average molecular weight is 452 g/mol. The number of carbonyl (C=O) groups excluding carboxylic acids is 1. The Kier molecular flexibility index (Phi) is 8.58. The van der Waals surface area contributed by atoms with E-state index in [1.54, 1.807) is 24.4 Å². The van der Waals surface area contributed by atoms with Crippen molar-refractivity contribution in [3.05, 3.63) is 70.4 Å². The van der Waals surface area contributed by atoms with Gasteiger partial charge in [0.2, 0.25) is 5.91 Å². The summed E-state index contributed by atoms with van der Waals surface area (Å²) in [5, 5.41) is 3.56. The van der Waals surface area contributed by atoms with Gasteiger partial charge in [-0.25, -0.2) is 9.97 Å². The summed E-state index contributed by atoms with van der Waals surface area (Å²) in [6, 6.07) is 7.19. The molecular formula is C26H27ClFN3O. The summed E-state index contributed by atoms with van der Waals surface area (Å²) in [7, 11) is 0. The molecule has 0 spiro atoms. The van der Waals surface area contributed by atoms with Crippen LogP contribution in [0.25, 0.3) is 5.57 Å². The zero-order valence-corrected chi connectivity index (χ0v) is 19.0. The van der Waals surface area contributed by atoms with Gasteiger partial charge in [0.25, 0.3) is 0 Å². The van der Waals surface area contributed by atoms with Gasteiger partial charge in [-0.05, 0) is 54.5 Å². The number of hydrogen-bond acceptors (Lipinski definition) is 3. The molecule has 0 atom stereocenters. The Morgan fingerprint density at radius 3 is 2.66 bits per heavy atom. The first-order chi connectivity index (χ1) is 15.4. The Labute approximate surface area is 194 Å². The molecule has 1 aliphatic rings. The van der Waals surface area contributed by atoms with Crippen molar-refractivity contribution in [1.29, 1.82) is 0 Å². The minimum Gasteiger partial charge on any atom is -0.309 e. The predicted octanol–water partition coefficient (Wildman–Crippen LogP) is 6.32. The van der Waals surface area contributed by atoms with Crippen LogP contribution in [0.5, 0.6) is 0 Å². The summed E-state index contributed by atoms with van der Waals surface area (Å²) in [6.07, 6.45) is 16.4. The molecule has 166 valence electrons. The highest BCUT2D eigenvalue weighted by Gasteiger charge is 2.19.